The summed E-state index contributed by atoms with van der Waals surface area (Å²) in [5.74, 6) is 0.707. The molecule has 0 heterocycles. The lowest BCUT2D eigenvalue weighted by Gasteiger charge is -1.90. The molecule has 0 amide bonds. The molecule has 0 aliphatic carbocycles. The topological polar surface area (TPSA) is 52.0 Å². The summed E-state index contributed by atoms with van der Waals surface area (Å²) in [5, 5.41) is 2.79. The molecule has 0 aliphatic heterocycles. The highest BCUT2D eigenvalue weighted by molar-refractivity contribution is 5.70. The number of hydrazine groups is 1. The lowest BCUT2D eigenvalue weighted by Crippen LogP contribution is -2.84. The Hall–Kier alpha value is -0.730. The van der Waals surface area contributed by atoms with Crippen LogP contribution in [0.3, 0.4) is 0 Å². The largest absolute Gasteiger partial charge is 0.290 e. The van der Waals surface area contributed by atoms with E-state index in [0.717, 1.165) is 13.0 Å². The maximum atomic E-state index is 5.28. The van der Waals surface area contributed by atoms with Crippen LogP contribution >= 0.6 is 0 Å². The van der Waals surface area contributed by atoms with Crippen LogP contribution in [0.25, 0.3) is 0 Å². The molecule has 48 valence electrons. The van der Waals surface area contributed by atoms with Crippen LogP contribution in [0.4, 0.5) is 0 Å². The number of rotatable bonds is 3. The number of nitrogens with one attached hydrogen (secondary N) is 2. The Morgan fingerprint density at radius 3 is 2.75 bits per heavy atom. The third kappa shape index (κ3) is 5.27. The minimum Gasteiger partial charge on any atom is -0.290 e. The van der Waals surface area contributed by atoms with Crippen LogP contribution in [-0.2, 0) is 0 Å². The summed E-state index contributed by atoms with van der Waals surface area (Å²) in [6.07, 6.45) is 1.11. The van der Waals surface area contributed by atoms with E-state index in [1.807, 2.05) is 6.92 Å². The van der Waals surface area contributed by atoms with Crippen LogP contribution in [0.2, 0.25) is 0 Å². The molecule has 0 aromatic carbocycles. The molecule has 0 aromatic heterocycles. The Kier molecular flexibility index (Phi) is 4.03. The maximum absolute atomic E-state index is 5.28. The van der Waals surface area contributed by atoms with Crippen LogP contribution in [0.5, 0.6) is 0 Å². The SMILES string of the molecule is CCCN/[NH+]=C(/C)N. The first-order chi connectivity index (χ1) is 3.77. The Bertz CT molecular complexity index is 73.7. The van der Waals surface area contributed by atoms with Gasteiger partial charge in [-0.1, -0.05) is 6.92 Å². The van der Waals surface area contributed by atoms with Crippen LogP contribution < -0.4 is 16.3 Å². The van der Waals surface area contributed by atoms with Crippen LogP contribution in [-0.4, -0.2) is 12.4 Å². The number of hydrogen-bond acceptors (Lipinski definition) is 1. The zero-order valence-corrected chi connectivity index (χ0v) is 5.49. The number of amidine groups is 1. The minimum atomic E-state index is 0.707. The second kappa shape index (κ2) is 4.43. The van der Waals surface area contributed by atoms with Gasteiger partial charge in [-0.25, -0.2) is 0 Å². The van der Waals surface area contributed by atoms with Crippen molar-refractivity contribution in [1.29, 1.82) is 0 Å². The van der Waals surface area contributed by atoms with Crippen LogP contribution in [0.1, 0.15) is 20.3 Å². The summed E-state index contributed by atoms with van der Waals surface area (Å²) in [5.41, 5.74) is 8.20. The summed E-state index contributed by atoms with van der Waals surface area (Å²) < 4.78 is 0. The standard InChI is InChI=1S/C5H13N3/c1-3-4-7-8-5(2)6/h7H,3-4H2,1-2H3,(H2,6,8)/p+1. The van der Waals surface area contributed by atoms with Gasteiger partial charge in [0.05, 0.1) is 0 Å². The Morgan fingerprint density at radius 1 is 1.75 bits per heavy atom. The van der Waals surface area contributed by atoms with Gasteiger partial charge >= 0.3 is 0 Å². The first-order valence-corrected chi connectivity index (χ1v) is 2.85. The fourth-order valence-electron chi connectivity index (χ4n) is 0.327. The number of nitrogens with two attached hydrogens (primary N) is 1. The molecule has 0 bridgehead atoms. The molecule has 0 aliphatic rings. The van der Waals surface area contributed by atoms with Gasteiger partial charge < -0.3 is 0 Å². The molecule has 0 unspecified atom stereocenters. The molecule has 0 rings (SSSR count). The van der Waals surface area contributed by atoms with Crippen molar-refractivity contribution in [3.05, 3.63) is 0 Å². The van der Waals surface area contributed by atoms with E-state index in [9.17, 15) is 0 Å². The normalized spacial score (nSPS) is 11.5. The quantitative estimate of drug-likeness (QED) is 0.179. The van der Waals surface area contributed by atoms with E-state index in [1.165, 1.54) is 0 Å². The number of hydrogen-bond donors (Lipinski definition) is 3. The summed E-state index contributed by atoms with van der Waals surface area (Å²) in [6, 6.07) is 0. The van der Waals surface area contributed by atoms with Gasteiger partial charge in [0, 0.05) is 13.5 Å². The van der Waals surface area contributed by atoms with Gasteiger partial charge in [-0.2, -0.15) is 5.10 Å². The van der Waals surface area contributed by atoms with Crippen LogP contribution in [0, 0.1) is 0 Å². The Labute approximate surface area is 50.0 Å². The van der Waals surface area contributed by atoms with E-state index in [4.69, 9.17) is 5.73 Å². The lowest BCUT2D eigenvalue weighted by atomic mass is 10.5. The van der Waals surface area contributed by atoms with Crippen molar-refractivity contribution in [2.24, 2.45) is 5.73 Å². The minimum absolute atomic E-state index is 0.707. The molecule has 0 saturated heterocycles. The molecule has 0 fully saturated rings. The third-order valence-corrected chi connectivity index (χ3v) is 0.661. The smallest absolute Gasteiger partial charge is 0.260 e. The summed E-state index contributed by atoms with van der Waals surface area (Å²) in [6.45, 7) is 4.86. The Balaban J connectivity index is 3.03. The van der Waals surface area contributed by atoms with Gasteiger partial charge in [-0.05, 0) is 6.42 Å². The van der Waals surface area contributed by atoms with Gasteiger partial charge in [0.25, 0.3) is 5.84 Å². The molecule has 4 N–H and O–H groups in total. The highest BCUT2D eigenvalue weighted by atomic mass is 15.3. The lowest BCUT2D eigenvalue weighted by molar-refractivity contribution is -0.527. The van der Waals surface area contributed by atoms with Crippen molar-refractivity contribution in [3.63, 3.8) is 0 Å². The van der Waals surface area contributed by atoms with E-state index >= 15 is 0 Å². The fraction of sp³-hybridized carbons (Fsp3) is 0.800. The summed E-state index contributed by atoms with van der Waals surface area (Å²) >= 11 is 0. The van der Waals surface area contributed by atoms with Crippen molar-refractivity contribution in [2.75, 3.05) is 6.54 Å². The predicted octanol–water partition coefficient (Wildman–Crippen LogP) is -1.64. The van der Waals surface area contributed by atoms with E-state index < -0.39 is 0 Å². The molecule has 3 heteroatoms. The summed E-state index contributed by atoms with van der Waals surface area (Å²) in [4.78, 5) is 0. The molecule has 0 saturated carbocycles. The first-order valence-electron chi connectivity index (χ1n) is 2.85. The first kappa shape index (κ1) is 7.27. The highest BCUT2D eigenvalue weighted by Crippen LogP contribution is 1.60. The molecule has 0 radical (unpaired) electrons. The molecule has 0 spiro atoms. The zero-order valence-electron chi connectivity index (χ0n) is 5.49. The van der Waals surface area contributed by atoms with Crippen LogP contribution in [0.15, 0.2) is 0 Å². The third-order valence-electron chi connectivity index (χ3n) is 0.661. The van der Waals surface area contributed by atoms with Gasteiger partial charge in [0.1, 0.15) is 0 Å². The van der Waals surface area contributed by atoms with Gasteiger partial charge in [-0.3, -0.25) is 11.2 Å². The van der Waals surface area contributed by atoms with Gasteiger partial charge in [0.15, 0.2) is 0 Å². The van der Waals surface area contributed by atoms with Gasteiger partial charge in [0.2, 0.25) is 0 Å². The molecular formula is C5H14N3+. The average molecular weight is 116 g/mol. The van der Waals surface area contributed by atoms with Gasteiger partial charge in [-0.15, -0.1) is 0 Å². The molecule has 8 heavy (non-hydrogen) atoms. The van der Waals surface area contributed by atoms with E-state index in [1.54, 1.807) is 0 Å². The van der Waals surface area contributed by atoms with E-state index in [0.29, 0.717) is 5.84 Å². The fourth-order valence-corrected chi connectivity index (χ4v) is 0.327. The zero-order chi connectivity index (χ0) is 6.41. The highest BCUT2D eigenvalue weighted by Gasteiger charge is 1.80. The van der Waals surface area contributed by atoms with Crippen molar-refractivity contribution in [1.82, 2.24) is 5.43 Å². The van der Waals surface area contributed by atoms with E-state index in [2.05, 4.69) is 17.5 Å². The molecule has 0 aromatic rings. The molecule has 3 nitrogen and oxygen atoms in total. The average Bonchev–Trinajstić information content (AvgIpc) is 1.66. The molecule has 0 atom stereocenters. The number of hydrazone groups is 1. The maximum Gasteiger partial charge on any atom is 0.260 e. The van der Waals surface area contributed by atoms with Crippen molar-refractivity contribution in [3.8, 4) is 0 Å². The van der Waals surface area contributed by atoms with Crippen molar-refractivity contribution in [2.45, 2.75) is 20.3 Å². The predicted molar refractivity (Wildman–Crippen MR) is 34.1 cm³/mol. The monoisotopic (exact) mass is 116 g/mol. The van der Waals surface area contributed by atoms with Crippen molar-refractivity contribution >= 4 is 5.84 Å². The van der Waals surface area contributed by atoms with Crippen molar-refractivity contribution < 1.29 is 5.10 Å². The molecular weight excluding hydrogens is 102 g/mol. The summed E-state index contributed by atoms with van der Waals surface area (Å²) in [7, 11) is 0. The van der Waals surface area contributed by atoms with E-state index in [-0.39, 0.29) is 0 Å². The Morgan fingerprint density at radius 2 is 2.38 bits per heavy atom. The second-order valence-corrected chi connectivity index (χ2v) is 1.73. The second-order valence-electron chi connectivity index (χ2n) is 1.73.